The zero-order valence-corrected chi connectivity index (χ0v) is 7.69. The lowest BCUT2D eigenvalue weighted by Gasteiger charge is -2.41. The molecule has 13 heavy (non-hydrogen) atoms. The van der Waals surface area contributed by atoms with Crippen molar-refractivity contribution >= 4 is 0 Å². The second-order valence-corrected chi connectivity index (χ2v) is 3.59. The molecule has 5 nitrogen and oxygen atoms in total. The van der Waals surface area contributed by atoms with E-state index in [1.54, 1.807) is 0 Å². The van der Waals surface area contributed by atoms with Gasteiger partial charge in [0.15, 0.2) is 0 Å². The molecular weight excluding hydrogens is 166 g/mol. The molecule has 1 saturated carbocycles. The van der Waals surface area contributed by atoms with E-state index in [-0.39, 0.29) is 5.54 Å². The van der Waals surface area contributed by atoms with E-state index in [4.69, 9.17) is 10.8 Å². The minimum absolute atomic E-state index is 0.343. The first kappa shape index (κ1) is 9.85. The van der Waals surface area contributed by atoms with Gasteiger partial charge in [-0.25, -0.2) is 0 Å². The van der Waals surface area contributed by atoms with Gasteiger partial charge in [0.1, 0.15) is 5.54 Å². The monoisotopic (exact) mass is 179 g/mol. The lowest BCUT2D eigenvalue weighted by molar-refractivity contribution is 0.175. The molecule has 1 N–H and O–H groups in total. The van der Waals surface area contributed by atoms with E-state index in [1.807, 2.05) is 0 Å². The molecule has 0 aromatic rings. The number of hydrogen-bond donors (Lipinski definition) is 1. The minimum atomic E-state index is -0.343. The number of azide groups is 1. The van der Waals surface area contributed by atoms with Crippen molar-refractivity contribution in [2.75, 3.05) is 13.1 Å². The summed E-state index contributed by atoms with van der Waals surface area (Å²) in [5.74, 6) is 0.631. The van der Waals surface area contributed by atoms with Crippen LogP contribution in [-0.2, 0) is 0 Å². The summed E-state index contributed by atoms with van der Waals surface area (Å²) in [5, 5.41) is 15.4. The number of rotatable bonds is 4. The fraction of sp³-hybridized carbons (Fsp3) is 0.875. The molecule has 0 bridgehead atoms. The van der Waals surface area contributed by atoms with Crippen LogP contribution < -0.4 is 5.32 Å². The minimum Gasteiger partial charge on any atom is -0.299 e. The van der Waals surface area contributed by atoms with Crippen LogP contribution in [0.15, 0.2) is 5.11 Å². The number of nitrogens with one attached hydrogen (secondary N) is 1. The van der Waals surface area contributed by atoms with Crippen molar-refractivity contribution in [3.63, 3.8) is 0 Å². The molecule has 0 aromatic carbocycles. The van der Waals surface area contributed by atoms with Crippen molar-refractivity contribution in [2.45, 2.75) is 25.3 Å². The number of nitrogens with zero attached hydrogens (tertiary/aromatic N) is 4. The molecule has 1 aliphatic rings. The van der Waals surface area contributed by atoms with Crippen molar-refractivity contribution in [3.05, 3.63) is 10.4 Å². The van der Waals surface area contributed by atoms with Gasteiger partial charge in [-0.3, -0.25) is 5.32 Å². The summed E-state index contributed by atoms with van der Waals surface area (Å²) in [7, 11) is 0. The van der Waals surface area contributed by atoms with Gasteiger partial charge in [0.05, 0.1) is 6.07 Å². The van der Waals surface area contributed by atoms with Crippen LogP contribution >= 0.6 is 0 Å². The van der Waals surface area contributed by atoms with Crippen LogP contribution in [0.4, 0.5) is 0 Å². The molecule has 0 spiro atoms. The molecule has 0 amide bonds. The van der Waals surface area contributed by atoms with Crippen molar-refractivity contribution < 1.29 is 0 Å². The highest BCUT2D eigenvalue weighted by atomic mass is 15.1. The Kier molecular flexibility index (Phi) is 3.13. The summed E-state index contributed by atoms with van der Waals surface area (Å²) in [6, 6.07) is 2.28. The van der Waals surface area contributed by atoms with Gasteiger partial charge in [-0.15, -0.1) is 0 Å². The summed E-state index contributed by atoms with van der Waals surface area (Å²) in [6.45, 7) is 3.13. The normalized spacial score (nSPS) is 31.2. The van der Waals surface area contributed by atoms with Crippen molar-refractivity contribution in [3.8, 4) is 6.07 Å². The standard InChI is InChI=1S/C8H13N5/c1-7-4-8(5-7,6-9)11-2-3-12-13-10/h7,11H,2-5H2,1H3. The fourth-order valence-corrected chi connectivity index (χ4v) is 1.79. The highest BCUT2D eigenvalue weighted by molar-refractivity contribution is 5.14. The van der Waals surface area contributed by atoms with E-state index >= 15 is 0 Å². The van der Waals surface area contributed by atoms with E-state index in [0.29, 0.717) is 19.0 Å². The molecule has 70 valence electrons. The van der Waals surface area contributed by atoms with Crippen LogP contribution in [0.1, 0.15) is 19.8 Å². The first-order valence-electron chi connectivity index (χ1n) is 4.39. The highest BCUT2D eigenvalue weighted by Gasteiger charge is 2.41. The van der Waals surface area contributed by atoms with Gasteiger partial charge in [0.2, 0.25) is 0 Å². The zero-order chi connectivity index (χ0) is 9.73. The van der Waals surface area contributed by atoms with Gasteiger partial charge < -0.3 is 0 Å². The molecule has 5 heteroatoms. The number of nitriles is 1. The Morgan fingerprint density at radius 2 is 2.46 bits per heavy atom. The van der Waals surface area contributed by atoms with Crippen molar-refractivity contribution in [1.29, 1.82) is 5.26 Å². The summed E-state index contributed by atoms with van der Waals surface area (Å²) in [4.78, 5) is 2.64. The maximum absolute atomic E-state index is 8.89. The summed E-state index contributed by atoms with van der Waals surface area (Å²) >= 11 is 0. The molecular formula is C8H13N5. The Morgan fingerprint density at radius 3 is 2.92 bits per heavy atom. The molecule has 0 atom stereocenters. The Balaban J connectivity index is 2.27. The Hall–Kier alpha value is -1.24. The number of hydrogen-bond acceptors (Lipinski definition) is 3. The molecule has 0 heterocycles. The van der Waals surface area contributed by atoms with Gasteiger partial charge in [0, 0.05) is 18.0 Å². The third-order valence-corrected chi connectivity index (χ3v) is 2.35. The van der Waals surface area contributed by atoms with Crippen molar-refractivity contribution in [1.82, 2.24) is 5.32 Å². The largest absolute Gasteiger partial charge is 0.299 e. The molecule has 1 rings (SSSR count). The van der Waals surface area contributed by atoms with Crippen LogP contribution in [0.3, 0.4) is 0 Å². The average molecular weight is 179 g/mol. The molecule has 1 aliphatic carbocycles. The maximum Gasteiger partial charge on any atom is 0.107 e. The SMILES string of the molecule is CC1CC(C#N)(NCCN=[N+]=[N-])C1. The third-order valence-electron chi connectivity index (χ3n) is 2.35. The second-order valence-electron chi connectivity index (χ2n) is 3.59. The van der Waals surface area contributed by atoms with Gasteiger partial charge in [-0.1, -0.05) is 12.0 Å². The van der Waals surface area contributed by atoms with Gasteiger partial charge in [-0.05, 0) is 24.3 Å². The lowest BCUT2D eigenvalue weighted by Crippen LogP contribution is -2.54. The van der Waals surface area contributed by atoms with Crippen LogP contribution in [0.25, 0.3) is 10.4 Å². The average Bonchev–Trinajstić information content (AvgIpc) is 2.08. The Morgan fingerprint density at radius 1 is 1.77 bits per heavy atom. The van der Waals surface area contributed by atoms with Gasteiger partial charge in [0.25, 0.3) is 0 Å². The first-order valence-corrected chi connectivity index (χ1v) is 4.39. The summed E-state index contributed by atoms with van der Waals surface area (Å²) < 4.78 is 0. The fourth-order valence-electron chi connectivity index (χ4n) is 1.79. The van der Waals surface area contributed by atoms with E-state index in [9.17, 15) is 0 Å². The molecule has 1 fully saturated rings. The lowest BCUT2D eigenvalue weighted by atomic mass is 9.70. The molecule has 0 saturated heterocycles. The van der Waals surface area contributed by atoms with Crippen LogP contribution in [-0.4, -0.2) is 18.6 Å². The topological polar surface area (TPSA) is 84.6 Å². The van der Waals surface area contributed by atoms with Crippen molar-refractivity contribution in [2.24, 2.45) is 11.0 Å². The zero-order valence-electron chi connectivity index (χ0n) is 7.69. The quantitative estimate of drug-likeness (QED) is 0.307. The van der Waals surface area contributed by atoms with Crippen LogP contribution in [0.2, 0.25) is 0 Å². The van der Waals surface area contributed by atoms with E-state index in [1.165, 1.54) is 0 Å². The predicted octanol–water partition coefficient (Wildman–Crippen LogP) is 1.58. The van der Waals surface area contributed by atoms with E-state index in [2.05, 4.69) is 28.3 Å². The molecule has 0 aliphatic heterocycles. The van der Waals surface area contributed by atoms with Crippen LogP contribution in [0, 0.1) is 17.2 Å². The summed E-state index contributed by atoms with van der Waals surface area (Å²) in [5.41, 5.74) is 7.69. The first-order chi connectivity index (χ1) is 6.22. The van der Waals surface area contributed by atoms with Gasteiger partial charge >= 0.3 is 0 Å². The predicted molar refractivity (Wildman–Crippen MR) is 48.8 cm³/mol. The Bertz CT molecular complexity index is 254. The third kappa shape index (κ3) is 2.35. The Labute approximate surface area is 77.4 Å². The van der Waals surface area contributed by atoms with Gasteiger partial charge in [-0.2, -0.15) is 5.26 Å². The van der Waals surface area contributed by atoms with E-state index < -0.39 is 0 Å². The second kappa shape index (κ2) is 4.13. The molecule has 0 aromatic heterocycles. The maximum atomic E-state index is 8.89. The van der Waals surface area contributed by atoms with E-state index in [0.717, 1.165) is 12.8 Å². The smallest absolute Gasteiger partial charge is 0.107 e. The molecule has 0 unspecified atom stereocenters. The molecule has 0 radical (unpaired) electrons. The van der Waals surface area contributed by atoms with Crippen LogP contribution in [0.5, 0.6) is 0 Å². The highest BCUT2D eigenvalue weighted by Crippen LogP contribution is 2.36. The summed E-state index contributed by atoms with van der Waals surface area (Å²) in [6.07, 6.45) is 1.81.